The maximum atomic E-state index is 13.8. The zero-order chi connectivity index (χ0) is 49.5. The number of aliphatic hydroxyl groups excluding tert-OH is 1. The van der Waals surface area contributed by atoms with Crippen molar-refractivity contribution >= 4 is 40.1 Å². The van der Waals surface area contributed by atoms with Crippen molar-refractivity contribution in [2.45, 2.75) is 101 Å². The summed E-state index contributed by atoms with van der Waals surface area (Å²) in [6, 6.07) is 9.55. The number of hydrogen-bond acceptors (Lipinski definition) is 20. The average molecular weight is 953 g/mol. The smallest absolute Gasteiger partial charge is 0.224 e. The zero-order valence-electron chi connectivity index (χ0n) is 38.8. The van der Waals surface area contributed by atoms with E-state index < -0.39 is 102 Å². The van der Waals surface area contributed by atoms with Gasteiger partial charge < -0.3 is 70.8 Å². The Morgan fingerprint density at radius 3 is 2.35 bits per heavy atom. The lowest BCUT2D eigenvalue weighted by molar-refractivity contribution is -0.281. The molecule has 2 saturated heterocycles. The minimum absolute atomic E-state index is 0.0409. The summed E-state index contributed by atoms with van der Waals surface area (Å²) >= 11 is 0. The van der Waals surface area contributed by atoms with Gasteiger partial charge in [0.05, 0.1) is 55.6 Å². The second kappa shape index (κ2) is 19.8. The van der Waals surface area contributed by atoms with E-state index in [9.17, 15) is 34.8 Å². The van der Waals surface area contributed by atoms with E-state index in [4.69, 9.17) is 50.4 Å². The highest BCUT2D eigenvalue weighted by atomic mass is 16.7. The Labute approximate surface area is 396 Å². The van der Waals surface area contributed by atoms with E-state index in [1.165, 1.54) is 25.3 Å². The SMILES string of the molecule is COc1ccc(OC)c(Cc2cnc3nc(N)nc(N)c3c2C)c1.COc1cccc2c1C(=O)c1c(O)c3c(c(O)c1C2=O)C[C@@](O)(C(=O)CO)CC3O[C@H]1C[C@H](N)[C@H](O[C@@H]2CCCCO2)[C@H](C)O1. The lowest BCUT2D eigenvalue weighted by atomic mass is 9.72. The minimum Gasteiger partial charge on any atom is -0.507 e. The number of nitrogen functional groups attached to an aromatic ring is 2. The fraction of sp³-hybridized carbons (Fsp3) is 0.429. The molecule has 2 aromatic heterocycles. The molecule has 1 unspecified atom stereocenters. The number of aryl methyl sites for hydroxylation is 1. The van der Waals surface area contributed by atoms with E-state index in [0.717, 1.165) is 52.8 Å². The van der Waals surface area contributed by atoms with Gasteiger partial charge in [-0.15, -0.1) is 0 Å². The predicted molar refractivity (Wildman–Crippen MR) is 247 cm³/mol. The molecule has 20 nitrogen and oxygen atoms in total. The number of rotatable bonds is 11. The molecular formula is C49H56N6O14. The molecule has 0 amide bonds. The molecule has 3 aromatic carbocycles. The number of phenolic OH excluding ortho intramolecular Hbond substituents is 2. The topological polar surface area (TPSA) is 313 Å². The number of aromatic hydroxyl groups is 2. The van der Waals surface area contributed by atoms with Crippen molar-refractivity contribution in [2.24, 2.45) is 5.73 Å². The fourth-order valence-electron chi connectivity index (χ4n) is 9.68. The fourth-order valence-corrected chi connectivity index (χ4v) is 9.68. The van der Waals surface area contributed by atoms with Gasteiger partial charge in [0, 0.05) is 66.8 Å². The summed E-state index contributed by atoms with van der Waals surface area (Å²) in [5, 5.41) is 45.0. The molecule has 10 N–H and O–H groups in total. The van der Waals surface area contributed by atoms with Crippen LogP contribution in [0.2, 0.25) is 0 Å². The van der Waals surface area contributed by atoms with Gasteiger partial charge in [0.15, 0.2) is 29.8 Å². The number of pyridine rings is 1. The lowest BCUT2D eigenvalue weighted by Crippen LogP contribution is -2.55. The standard InChI is InChI=1S/C32H37NO12.C17H19N5O2/c1-14-31(45-21-8-3-4-9-42-21)17(33)10-22(43-14)44-19-12-32(40,20(35)13-34)11-16-24(19)30(39)26-25(28(16)37)27(36)15-6-5-7-18(41-2)23(15)29(26)38;1-9-11(6-10-7-12(23-2)4-5-13(10)24-3)8-20-16-14(9)15(18)21-17(19)22-16/h5-7,14,17,19,21-22,31,34,37,39-40H,3-4,8-13,33H2,1-2H3;4-5,7-8H,6H2,1-3H3,(H4,18,19,20,21,22)/t14-,17-,19?,21+,22-,31+,32-;/m0./s1. The molecule has 4 aliphatic rings. The number of ether oxygens (including phenoxy) is 7. The first-order valence-electron chi connectivity index (χ1n) is 22.5. The van der Waals surface area contributed by atoms with Gasteiger partial charge in [0.25, 0.3) is 0 Å². The monoisotopic (exact) mass is 952 g/mol. The molecule has 69 heavy (non-hydrogen) atoms. The van der Waals surface area contributed by atoms with Crippen LogP contribution < -0.4 is 31.4 Å². The van der Waals surface area contributed by atoms with Gasteiger partial charge >= 0.3 is 0 Å². The van der Waals surface area contributed by atoms with Crippen LogP contribution in [0.4, 0.5) is 11.8 Å². The van der Waals surface area contributed by atoms with Gasteiger partial charge in [-0.1, -0.05) is 12.1 Å². The first kappa shape index (κ1) is 48.9. The molecule has 7 atom stereocenters. The Hall–Kier alpha value is -6.52. The Kier molecular flexibility index (Phi) is 14.1. The van der Waals surface area contributed by atoms with E-state index in [-0.39, 0.29) is 40.4 Å². The summed E-state index contributed by atoms with van der Waals surface area (Å²) in [6.45, 7) is 3.32. The number of fused-ring (bicyclic) bond motifs is 4. The van der Waals surface area contributed by atoms with Crippen LogP contribution in [-0.4, -0.2) is 124 Å². The molecule has 2 aliphatic heterocycles. The number of carbonyl (C=O) groups excluding carboxylic acids is 3. The van der Waals surface area contributed by atoms with E-state index in [1.54, 1.807) is 27.3 Å². The molecular weight excluding hydrogens is 897 g/mol. The molecule has 9 rings (SSSR count). The second-order valence-corrected chi connectivity index (χ2v) is 17.5. The van der Waals surface area contributed by atoms with Gasteiger partial charge in [-0.3, -0.25) is 14.4 Å². The van der Waals surface area contributed by atoms with Crippen LogP contribution in [0.1, 0.15) is 105 Å². The highest BCUT2D eigenvalue weighted by molar-refractivity contribution is 6.31. The summed E-state index contributed by atoms with van der Waals surface area (Å²) in [6.07, 6.45) is 0.372. The molecule has 0 bridgehead atoms. The summed E-state index contributed by atoms with van der Waals surface area (Å²) < 4.78 is 40.2. The number of ketones is 3. The summed E-state index contributed by atoms with van der Waals surface area (Å²) in [7, 11) is 4.62. The Balaban J connectivity index is 0.000000225. The van der Waals surface area contributed by atoms with E-state index in [1.807, 2.05) is 25.1 Å². The number of nitrogens with zero attached hydrogens (tertiary/aromatic N) is 3. The van der Waals surface area contributed by atoms with Gasteiger partial charge in [0.1, 0.15) is 52.9 Å². The van der Waals surface area contributed by atoms with Crippen LogP contribution in [0.3, 0.4) is 0 Å². The van der Waals surface area contributed by atoms with Crippen LogP contribution in [0.5, 0.6) is 28.7 Å². The first-order chi connectivity index (χ1) is 33.0. The maximum absolute atomic E-state index is 13.8. The minimum atomic E-state index is -2.24. The molecule has 2 fully saturated rings. The normalized spacial score (nSPS) is 24.1. The number of phenols is 2. The van der Waals surface area contributed by atoms with Crippen molar-refractivity contribution in [3.8, 4) is 28.7 Å². The number of aliphatic hydroxyl groups is 2. The van der Waals surface area contributed by atoms with Crippen LogP contribution in [0.25, 0.3) is 11.0 Å². The van der Waals surface area contributed by atoms with Crippen molar-refractivity contribution in [3.63, 3.8) is 0 Å². The number of anilines is 2. The maximum Gasteiger partial charge on any atom is 0.224 e. The number of methoxy groups -OCH3 is 3. The molecule has 2 aliphatic carbocycles. The molecule has 20 heteroatoms. The lowest BCUT2D eigenvalue weighted by Gasteiger charge is -2.43. The van der Waals surface area contributed by atoms with Gasteiger partial charge in [-0.25, -0.2) is 4.98 Å². The van der Waals surface area contributed by atoms with Crippen molar-refractivity contribution in [3.05, 3.63) is 92.7 Å². The van der Waals surface area contributed by atoms with Crippen LogP contribution >= 0.6 is 0 Å². The second-order valence-electron chi connectivity index (χ2n) is 17.5. The number of benzene rings is 3. The summed E-state index contributed by atoms with van der Waals surface area (Å²) in [4.78, 5) is 52.8. The third-order valence-electron chi connectivity index (χ3n) is 13.2. The number of carbonyl (C=O) groups is 3. The Morgan fingerprint density at radius 2 is 1.67 bits per heavy atom. The van der Waals surface area contributed by atoms with Crippen molar-refractivity contribution in [2.75, 3.05) is 46.0 Å². The van der Waals surface area contributed by atoms with Crippen molar-refractivity contribution in [1.29, 1.82) is 0 Å². The van der Waals surface area contributed by atoms with E-state index >= 15 is 0 Å². The van der Waals surface area contributed by atoms with Crippen LogP contribution in [0.15, 0.2) is 42.6 Å². The predicted octanol–water partition coefficient (Wildman–Crippen LogP) is 3.66. The third-order valence-corrected chi connectivity index (χ3v) is 13.2. The largest absolute Gasteiger partial charge is 0.507 e. The number of Topliss-reactive ketones (excluding diaryl/α,β-unsaturated/α-hetero) is 1. The number of aromatic nitrogens is 3. The molecule has 0 spiro atoms. The first-order valence-corrected chi connectivity index (χ1v) is 22.5. The molecule has 0 radical (unpaired) electrons. The molecule has 366 valence electrons. The van der Waals surface area contributed by atoms with Gasteiger partial charge in [0.2, 0.25) is 11.7 Å². The summed E-state index contributed by atoms with van der Waals surface area (Å²) in [5.41, 5.74) is 18.1. The van der Waals surface area contributed by atoms with Crippen molar-refractivity contribution < 1.29 is 68.0 Å². The highest BCUT2D eigenvalue weighted by Gasteiger charge is 2.50. The van der Waals surface area contributed by atoms with E-state index in [2.05, 4.69) is 15.0 Å². The van der Waals surface area contributed by atoms with Crippen molar-refractivity contribution in [1.82, 2.24) is 15.0 Å². The quantitative estimate of drug-likeness (QED) is 0.0911. The Morgan fingerprint density at radius 1 is 0.913 bits per heavy atom. The van der Waals surface area contributed by atoms with Crippen LogP contribution in [-0.2, 0) is 36.6 Å². The third kappa shape index (κ3) is 9.23. The molecule has 5 aromatic rings. The number of hydrogen-bond donors (Lipinski definition) is 7. The number of nitrogens with two attached hydrogens (primary N) is 3. The molecule has 0 saturated carbocycles. The summed E-state index contributed by atoms with van der Waals surface area (Å²) in [5.74, 6) is -1.66. The van der Waals surface area contributed by atoms with Crippen LogP contribution in [0, 0.1) is 6.92 Å². The molecule has 4 heterocycles. The zero-order valence-corrected chi connectivity index (χ0v) is 38.8. The van der Waals surface area contributed by atoms with Gasteiger partial charge in [-0.05, 0) is 68.5 Å². The highest BCUT2D eigenvalue weighted by Crippen LogP contribution is 2.52. The average Bonchev–Trinajstić information content (AvgIpc) is 3.33. The Bertz CT molecular complexity index is 2810. The van der Waals surface area contributed by atoms with Gasteiger partial charge in [-0.2, -0.15) is 9.97 Å². The van der Waals surface area contributed by atoms with E-state index in [0.29, 0.717) is 24.5 Å².